The van der Waals surface area contributed by atoms with E-state index in [0.717, 1.165) is 0 Å². The van der Waals surface area contributed by atoms with Crippen LogP contribution in [0.25, 0.3) is 0 Å². The highest BCUT2D eigenvalue weighted by Crippen LogP contribution is 2.57. The minimum Gasteiger partial charge on any atom is -0.465 e. The van der Waals surface area contributed by atoms with E-state index in [1.807, 2.05) is 6.07 Å². The number of nitriles is 1. The Balaban J connectivity index is 3.80. The molecule has 0 amide bonds. The van der Waals surface area contributed by atoms with Gasteiger partial charge in [-0.15, -0.1) is 0 Å². The number of rotatable bonds is 8. The predicted molar refractivity (Wildman–Crippen MR) is 97.6 cm³/mol. The van der Waals surface area contributed by atoms with Crippen molar-refractivity contribution in [1.29, 1.82) is 5.26 Å². The average Bonchev–Trinajstić information content (AvgIpc) is 2.63. The van der Waals surface area contributed by atoms with Crippen LogP contribution in [0.1, 0.15) is 53.9 Å². The van der Waals surface area contributed by atoms with E-state index in [2.05, 4.69) is 0 Å². The lowest BCUT2D eigenvalue weighted by Crippen LogP contribution is -2.62. The van der Waals surface area contributed by atoms with Crippen LogP contribution in [0.4, 0.5) is 0 Å². The molecule has 0 N–H and O–H groups in total. The standard InChI is InChI=1S/C20H29NO7/c1-6-26-16(23)19(12-21)10-9-13(4)20(17(24)27-7-2,18(25)28-8-3)15(19)11-14(5)22/h13,15H,6-11H2,1-5H3/t13-,15+,19+/m0/s1. The quantitative estimate of drug-likeness (QED) is 0.348. The Kier molecular flexibility index (Phi) is 8.15. The van der Waals surface area contributed by atoms with Gasteiger partial charge in [0.05, 0.1) is 25.9 Å². The zero-order valence-corrected chi connectivity index (χ0v) is 17.2. The number of ether oxygens (including phenoxy) is 3. The summed E-state index contributed by atoms with van der Waals surface area (Å²) in [7, 11) is 0. The van der Waals surface area contributed by atoms with Gasteiger partial charge >= 0.3 is 17.9 Å². The Morgan fingerprint density at radius 1 is 0.964 bits per heavy atom. The van der Waals surface area contributed by atoms with Gasteiger partial charge < -0.3 is 19.0 Å². The number of nitrogens with zero attached hydrogens (tertiary/aromatic N) is 1. The third kappa shape index (κ3) is 3.89. The van der Waals surface area contributed by atoms with Crippen LogP contribution in [0.15, 0.2) is 0 Å². The maximum absolute atomic E-state index is 13.1. The van der Waals surface area contributed by atoms with Gasteiger partial charge in [-0.1, -0.05) is 6.92 Å². The lowest BCUT2D eigenvalue weighted by molar-refractivity contribution is -0.196. The molecule has 0 aliphatic heterocycles. The summed E-state index contributed by atoms with van der Waals surface area (Å²) in [4.78, 5) is 51.2. The van der Waals surface area contributed by atoms with Gasteiger partial charge in [-0.05, 0) is 46.5 Å². The Bertz CT molecular complexity index is 648. The Hall–Kier alpha value is -2.43. The number of hydrogen-bond acceptors (Lipinski definition) is 8. The number of Topliss-reactive ketones (excluding diaryl/α,β-unsaturated/α-hetero) is 1. The van der Waals surface area contributed by atoms with Gasteiger partial charge in [0.2, 0.25) is 0 Å². The van der Waals surface area contributed by atoms with Crippen molar-refractivity contribution in [2.24, 2.45) is 22.7 Å². The fourth-order valence-corrected chi connectivity index (χ4v) is 4.16. The smallest absolute Gasteiger partial charge is 0.326 e. The van der Waals surface area contributed by atoms with Crippen molar-refractivity contribution < 1.29 is 33.4 Å². The summed E-state index contributed by atoms with van der Waals surface area (Å²) >= 11 is 0. The number of ketones is 1. The van der Waals surface area contributed by atoms with Crippen LogP contribution in [0.2, 0.25) is 0 Å². The zero-order valence-electron chi connectivity index (χ0n) is 17.2. The van der Waals surface area contributed by atoms with Gasteiger partial charge in [0, 0.05) is 12.3 Å². The highest BCUT2D eigenvalue weighted by Gasteiger charge is 2.69. The first-order chi connectivity index (χ1) is 13.2. The summed E-state index contributed by atoms with van der Waals surface area (Å²) < 4.78 is 15.5. The van der Waals surface area contributed by atoms with E-state index in [0.29, 0.717) is 0 Å². The maximum Gasteiger partial charge on any atom is 0.326 e. The average molecular weight is 395 g/mol. The molecule has 0 unspecified atom stereocenters. The number of carbonyl (C=O) groups excluding carboxylic acids is 4. The van der Waals surface area contributed by atoms with E-state index in [9.17, 15) is 24.4 Å². The molecule has 0 aromatic heterocycles. The largest absolute Gasteiger partial charge is 0.465 e. The highest BCUT2D eigenvalue weighted by molar-refractivity contribution is 6.03. The van der Waals surface area contributed by atoms with Crippen LogP contribution in [-0.2, 0) is 33.4 Å². The van der Waals surface area contributed by atoms with Crippen LogP contribution in [0, 0.1) is 34.0 Å². The summed E-state index contributed by atoms with van der Waals surface area (Å²) in [5.74, 6) is -4.80. The molecule has 1 aliphatic carbocycles. The molecule has 0 radical (unpaired) electrons. The van der Waals surface area contributed by atoms with Gasteiger partial charge in [0.25, 0.3) is 0 Å². The molecular formula is C20H29NO7. The number of carbonyl (C=O) groups is 4. The molecule has 28 heavy (non-hydrogen) atoms. The lowest BCUT2D eigenvalue weighted by atomic mass is 9.49. The molecule has 8 heteroatoms. The molecule has 1 fully saturated rings. The normalized spacial score (nSPS) is 25.9. The fraction of sp³-hybridized carbons (Fsp3) is 0.750. The second-order valence-electron chi connectivity index (χ2n) is 7.01. The molecule has 1 rings (SSSR count). The minimum atomic E-state index is -1.95. The third-order valence-corrected chi connectivity index (χ3v) is 5.45. The zero-order chi connectivity index (χ0) is 21.5. The lowest BCUT2D eigenvalue weighted by Gasteiger charge is -2.50. The van der Waals surface area contributed by atoms with Crippen molar-refractivity contribution in [1.82, 2.24) is 0 Å². The van der Waals surface area contributed by atoms with E-state index >= 15 is 0 Å². The molecule has 0 spiro atoms. The second kappa shape index (κ2) is 9.67. The summed E-state index contributed by atoms with van der Waals surface area (Å²) in [6.45, 7) is 7.76. The first-order valence-corrected chi connectivity index (χ1v) is 9.61. The number of esters is 3. The van der Waals surface area contributed by atoms with E-state index in [-0.39, 0.29) is 44.9 Å². The first kappa shape index (κ1) is 23.6. The van der Waals surface area contributed by atoms with Crippen LogP contribution in [0.5, 0.6) is 0 Å². The van der Waals surface area contributed by atoms with Gasteiger partial charge in [0.15, 0.2) is 10.8 Å². The monoisotopic (exact) mass is 395 g/mol. The van der Waals surface area contributed by atoms with Crippen LogP contribution in [0.3, 0.4) is 0 Å². The summed E-state index contributed by atoms with van der Waals surface area (Å²) in [5.41, 5.74) is -3.77. The molecule has 0 bridgehead atoms. The van der Waals surface area contributed by atoms with Crippen molar-refractivity contribution in [2.75, 3.05) is 19.8 Å². The maximum atomic E-state index is 13.1. The molecule has 156 valence electrons. The van der Waals surface area contributed by atoms with Crippen molar-refractivity contribution in [2.45, 2.75) is 53.9 Å². The third-order valence-electron chi connectivity index (χ3n) is 5.45. The van der Waals surface area contributed by atoms with Crippen LogP contribution in [-0.4, -0.2) is 43.5 Å². The van der Waals surface area contributed by atoms with Crippen molar-refractivity contribution in [3.8, 4) is 6.07 Å². The Labute approximate surface area is 165 Å². The molecule has 0 aromatic rings. The fourth-order valence-electron chi connectivity index (χ4n) is 4.16. The van der Waals surface area contributed by atoms with Gasteiger partial charge in [0.1, 0.15) is 5.78 Å². The SMILES string of the molecule is CCOC(=O)C1(C(=O)OCC)[C@@H](C)CC[C@](C#N)(C(=O)OCC)[C@H]1CC(C)=O. The molecule has 8 nitrogen and oxygen atoms in total. The first-order valence-electron chi connectivity index (χ1n) is 9.61. The van der Waals surface area contributed by atoms with Crippen LogP contribution >= 0.6 is 0 Å². The van der Waals surface area contributed by atoms with Crippen molar-refractivity contribution >= 4 is 23.7 Å². The number of hydrogen-bond donors (Lipinski definition) is 0. The highest BCUT2D eigenvalue weighted by atomic mass is 16.6. The summed E-state index contributed by atoms with van der Waals surface area (Å²) in [6.07, 6.45) is -0.0330. The molecule has 1 aliphatic rings. The molecule has 3 atom stereocenters. The second-order valence-corrected chi connectivity index (χ2v) is 7.01. The van der Waals surface area contributed by atoms with E-state index in [1.165, 1.54) is 6.92 Å². The van der Waals surface area contributed by atoms with Crippen molar-refractivity contribution in [3.05, 3.63) is 0 Å². The summed E-state index contributed by atoms with van der Waals surface area (Å²) in [6, 6.07) is 1.98. The minimum absolute atomic E-state index is 0.00153. The van der Waals surface area contributed by atoms with Gasteiger partial charge in [-0.3, -0.25) is 14.4 Å². The molecule has 0 aromatic carbocycles. The summed E-state index contributed by atoms with van der Waals surface area (Å²) in [5, 5.41) is 10.00. The molecule has 1 saturated carbocycles. The predicted octanol–water partition coefficient (Wildman–Crippen LogP) is 2.20. The Morgan fingerprint density at radius 3 is 1.82 bits per heavy atom. The topological polar surface area (TPSA) is 120 Å². The van der Waals surface area contributed by atoms with Gasteiger partial charge in [-0.25, -0.2) is 0 Å². The molecule has 0 saturated heterocycles. The van der Waals surface area contributed by atoms with Crippen LogP contribution < -0.4 is 0 Å². The van der Waals surface area contributed by atoms with E-state index in [1.54, 1.807) is 27.7 Å². The molecule has 0 heterocycles. The van der Waals surface area contributed by atoms with E-state index < -0.39 is 40.6 Å². The van der Waals surface area contributed by atoms with E-state index in [4.69, 9.17) is 14.2 Å². The van der Waals surface area contributed by atoms with Gasteiger partial charge in [-0.2, -0.15) is 5.26 Å². The molecular weight excluding hydrogens is 366 g/mol. The van der Waals surface area contributed by atoms with Crippen molar-refractivity contribution in [3.63, 3.8) is 0 Å². The Morgan fingerprint density at radius 2 is 1.43 bits per heavy atom.